The van der Waals surface area contributed by atoms with Crippen LogP contribution in [0.5, 0.6) is 0 Å². The third-order valence-electron chi connectivity index (χ3n) is 5.83. The van der Waals surface area contributed by atoms with Crippen LogP contribution in [-0.4, -0.2) is 69.8 Å². The first kappa shape index (κ1) is 24.6. The van der Waals surface area contributed by atoms with E-state index in [2.05, 4.69) is 17.1 Å². The molecule has 1 amide bonds. The normalized spacial score (nSPS) is 17.9. The maximum Gasteiger partial charge on any atom is 0.304 e. The molecule has 1 aliphatic rings. The van der Waals surface area contributed by atoms with Crippen molar-refractivity contribution < 1.29 is 13.2 Å². The molecule has 8 heteroatoms. The van der Waals surface area contributed by atoms with E-state index in [-0.39, 0.29) is 12.5 Å². The fourth-order valence-electron chi connectivity index (χ4n) is 3.99. The molecule has 1 aromatic carbocycles. The molecule has 0 bridgehead atoms. The average Bonchev–Trinajstić information content (AvgIpc) is 2.71. The Labute approximate surface area is 182 Å². The third kappa shape index (κ3) is 6.43. The highest BCUT2D eigenvalue weighted by molar-refractivity contribution is 7.90. The Morgan fingerprint density at radius 3 is 2.63 bits per heavy atom. The molecule has 1 heterocycles. The Morgan fingerprint density at radius 1 is 1.23 bits per heavy atom. The highest BCUT2D eigenvalue weighted by Gasteiger charge is 2.28. The molecule has 0 radical (unpaired) electrons. The lowest BCUT2D eigenvalue weighted by Crippen LogP contribution is -2.46. The predicted octanol–water partition coefficient (Wildman–Crippen LogP) is 2.69. The molecular weight excluding hydrogens is 400 g/mol. The molecule has 1 N–H and O–H groups in total. The molecule has 0 aromatic heterocycles. The van der Waals surface area contributed by atoms with Crippen molar-refractivity contribution in [1.29, 1.82) is 0 Å². The molecule has 1 saturated heterocycles. The minimum Gasteiger partial charge on any atom is -0.354 e. The summed E-state index contributed by atoms with van der Waals surface area (Å²) in [5.41, 5.74) is 2.30. The van der Waals surface area contributed by atoms with Gasteiger partial charge in [-0.3, -0.25) is 4.79 Å². The number of likely N-dealkylation sites (tertiary alicyclic amines) is 1. The zero-order chi connectivity index (χ0) is 22.3. The van der Waals surface area contributed by atoms with Crippen molar-refractivity contribution in [2.45, 2.75) is 58.9 Å². The van der Waals surface area contributed by atoms with Gasteiger partial charge >= 0.3 is 10.2 Å². The fraction of sp³-hybridized carbons (Fsp3) is 0.682. The van der Waals surface area contributed by atoms with Gasteiger partial charge < -0.3 is 10.2 Å². The van der Waals surface area contributed by atoms with Crippen LogP contribution in [0.2, 0.25) is 0 Å². The molecule has 30 heavy (non-hydrogen) atoms. The van der Waals surface area contributed by atoms with Crippen molar-refractivity contribution >= 4 is 21.8 Å². The van der Waals surface area contributed by atoms with Crippen LogP contribution < -0.4 is 9.62 Å². The van der Waals surface area contributed by atoms with Gasteiger partial charge in [-0.1, -0.05) is 25.5 Å². The van der Waals surface area contributed by atoms with Gasteiger partial charge in [-0.15, -0.1) is 0 Å². The molecule has 1 atom stereocenters. The Kier molecular flexibility index (Phi) is 9.12. The van der Waals surface area contributed by atoms with Crippen LogP contribution >= 0.6 is 0 Å². The first-order valence-corrected chi connectivity index (χ1v) is 12.3. The number of nitrogens with one attached hydrogen (secondary N) is 1. The fourth-order valence-corrected chi connectivity index (χ4v) is 5.11. The van der Waals surface area contributed by atoms with Crippen molar-refractivity contribution in [1.82, 2.24) is 14.5 Å². The number of carbonyl (C=O) groups excluding carboxylic acids is 1. The zero-order valence-electron chi connectivity index (χ0n) is 19.1. The Hall–Kier alpha value is -1.64. The van der Waals surface area contributed by atoms with Crippen LogP contribution in [0.15, 0.2) is 18.2 Å². The molecule has 2 rings (SSSR count). The number of nitrogens with zero attached hydrogens (tertiary/aromatic N) is 3. The van der Waals surface area contributed by atoms with Crippen LogP contribution in [-0.2, 0) is 15.0 Å². The number of piperidine rings is 1. The van der Waals surface area contributed by atoms with Crippen LogP contribution in [0, 0.1) is 13.8 Å². The summed E-state index contributed by atoms with van der Waals surface area (Å²) in [6.45, 7) is 8.42. The molecule has 170 valence electrons. The van der Waals surface area contributed by atoms with E-state index in [1.807, 2.05) is 32.0 Å². The largest absolute Gasteiger partial charge is 0.354 e. The van der Waals surface area contributed by atoms with E-state index < -0.39 is 10.2 Å². The highest BCUT2D eigenvalue weighted by atomic mass is 32.2. The second-order valence-electron chi connectivity index (χ2n) is 8.38. The van der Waals surface area contributed by atoms with E-state index in [4.69, 9.17) is 0 Å². The van der Waals surface area contributed by atoms with Gasteiger partial charge in [0.2, 0.25) is 5.91 Å². The summed E-state index contributed by atoms with van der Waals surface area (Å²) in [4.78, 5) is 15.1. The van der Waals surface area contributed by atoms with Gasteiger partial charge in [0.1, 0.15) is 6.54 Å². The Bertz CT molecular complexity index is 811. The van der Waals surface area contributed by atoms with Crippen LogP contribution in [0.4, 0.5) is 5.69 Å². The van der Waals surface area contributed by atoms with E-state index >= 15 is 0 Å². The van der Waals surface area contributed by atoms with E-state index in [9.17, 15) is 13.2 Å². The minimum atomic E-state index is -3.79. The highest BCUT2D eigenvalue weighted by Crippen LogP contribution is 2.25. The summed E-state index contributed by atoms with van der Waals surface area (Å²) in [6, 6.07) is 6.28. The molecular formula is C22H38N4O3S. The van der Waals surface area contributed by atoms with Gasteiger partial charge in [0.05, 0.1) is 5.69 Å². The van der Waals surface area contributed by atoms with Crippen molar-refractivity contribution in [3.63, 3.8) is 0 Å². The van der Waals surface area contributed by atoms with E-state index in [1.54, 1.807) is 0 Å². The van der Waals surface area contributed by atoms with Gasteiger partial charge in [-0.25, -0.2) is 4.31 Å². The van der Waals surface area contributed by atoms with Crippen LogP contribution in [0.25, 0.3) is 0 Å². The first-order chi connectivity index (χ1) is 14.2. The number of hydrogen-bond acceptors (Lipinski definition) is 4. The minimum absolute atomic E-state index is 0.230. The van der Waals surface area contributed by atoms with Gasteiger partial charge in [0, 0.05) is 33.2 Å². The Morgan fingerprint density at radius 2 is 1.97 bits per heavy atom. The number of anilines is 1. The van der Waals surface area contributed by atoms with Crippen molar-refractivity contribution in [3.8, 4) is 0 Å². The first-order valence-electron chi connectivity index (χ1n) is 10.9. The zero-order valence-corrected chi connectivity index (χ0v) is 20.0. The third-order valence-corrected chi connectivity index (χ3v) is 7.63. The lowest BCUT2D eigenvalue weighted by atomic mass is 10.00. The molecule has 1 aliphatic heterocycles. The summed E-state index contributed by atoms with van der Waals surface area (Å²) in [5.74, 6) is -0.285. The number of rotatable bonds is 10. The summed E-state index contributed by atoms with van der Waals surface area (Å²) in [6.07, 6.45) is 5.85. The van der Waals surface area contributed by atoms with Gasteiger partial charge in [0.25, 0.3) is 0 Å². The predicted molar refractivity (Wildman–Crippen MR) is 123 cm³/mol. The molecule has 7 nitrogen and oxygen atoms in total. The summed E-state index contributed by atoms with van der Waals surface area (Å²) < 4.78 is 28.1. The molecule has 0 aliphatic carbocycles. The SMILES string of the molecule is CCC1CCCCN1CCCNC(=O)CN(c1cc(C)ccc1C)S(=O)(=O)N(C)C. The lowest BCUT2D eigenvalue weighted by Gasteiger charge is -2.35. The maximum absolute atomic E-state index is 12.9. The van der Waals surface area contributed by atoms with E-state index in [0.29, 0.717) is 18.3 Å². The lowest BCUT2D eigenvalue weighted by molar-refractivity contribution is -0.119. The van der Waals surface area contributed by atoms with Crippen molar-refractivity contribution in [2.75, 3.05) is 44.6 Å². The average molecular weight is 439 g/mol. The molecule has 0 spiro atoms. The topological polar surface area (TPSA) is 73.0 Å². The van der Waals surface area contributed by atoms with Gasteiger partial charge in [0.15, 0.2) is 0 Å². The number of carbonyl (C=O) groups is 1. The van der Waals surface area contributed by atoms with Crippen LogP contribution in [0.3, 0.4) is 0 Å². The summed E-state index contributed by atoms with van der Waals surface area (Å²) in [5, 5.41) is 2.91. The number of amides is 1. The Balaban J connectivity index is 1.98. The van der Waals surface area contributed by atoms with Crippen LogP contribution in [0.1, 0.15) is 50.2 Å². The summed E-state index contributed by atoms with van der Waals surface area (Å²) >= 11 is 0. The van der Waals surface area contributed by atoms with Gasteiger partial charge in [-0.2, -0.15) is 12.7 Å². The van der Waals surface area contributed by atoms with Crippen molar-refractivity contribution in [2.24, 2.45) is 0 Å². The molecule has 0 saturated carbocycles. The molecule has 1 fully saturated rings. The molecule has 1 unspecified atom stereocenters. The monoisotopic (exact) mass is 438 g/mol. The second kappa shape index (κ2) is 11.1. The number of benzene rings is 1. The second-order valence-corrected chi connectivity index (χ2v) is 10.5. The molecule has 1 aromatic rings. The van der Waals surface area contributed by atoms with E-state index in [1.165, 1.54) is 44.1 Å². The number of aryl methyl sites for hydroxylation is 2. The van der Waals surface area contributed by atoms with Gasteiger partial charge in [-0.05, 0) is 63.3 Å². The van der Waals surface area contributed by atoms with E-state index in [0.717, 1.165) is 34.9 Å². The number of hydrogen-bond donors (Lipinski definition) is 1. The smallest absolute Gasteiger partial charge is 0.304 e. The van der Waals surface area contributed by atoms with Crippen molar-refractivity contribution in [3.05, 3.63) is 29.3 Å². The maximum atomic E-state index is 12.9. The quantitative estimate of drug-likeness (QED) is 0.570. The standard InChI is InChI=1S/C22H38N4O3S/c1-6-20-10-7-8-14-25(20)15-9-13-23-22(27)17-26(30(28,29)24(4)5)21-16-18(2)11-12-19(21)3/h11-12,16,20H,6-10,13-15,17H2,1-5H3,(H,23,27). The summed E-state index contributed by atoms with van der Waals surface area (Å²) in [7, 11) is -0.827.